The molecule has 2 rings (SSSR count). The van der Waals surface area contributed by atoms with Crippen molar-refractivity contribution in [3.05, 3.63) is 78.4 Å². The number of ether oxygens (including phenoxy) is 1. The van der Waals surface area contributed by atoms with Crippen molar-refractivity contribution in [3.63, 3.8) is 0 Å². The quantitative estimate of drug-likeness (QED) is 0.810. The van der Waals surface area contributed by atoms with Crippen molar-refractivity contribution >= 4 is 5.97 Å². The monoisotopic (exact) mass is 268 g/mol. The molecule has 0 amide bonds. The van der Waals surface area contributed by atoms with Crippen LogP contribution in [0.5, 0.6) is 5.75 Å². The second-order valence-electron chi connectivity index (χ2n) is 4.44. The summed E-state index contributed by atoms with van der Waals surface area (Å²) in [5, 5.41) is 8.99. The van der Waals surface area contributed by atoms with Crippen molar-refractivity contribution in [1.82, 2.24) is 0 Å². The van der Waals surface area contributed by atoms with Crippen molar-refractivity contribution in [2.45, 2.75) is 12.5 Å². The van der Waals surface area contributed by atoms with Crippen LogP contribution in [0.15, 0.2) is 72.8 Å². The van der Waals surface area contributed by atoms with E-state index in [1.807, 2.05) is 60.7 Å². The fourth-order valence-corrected chi connectivity index (χ4v) is 1.87. The molecule has 1 unspecified atom stereocenters. The predicted molar refractivity (Wildman–Crippen MR) is 77.6 cm³/mol. The standard InChI is InChI=1S/C17H16O3/c1-13(17(18)19)12-16(14-8-4-2-5-9-14)20-15-10-6-3-7-11-15/h2-11,16H,1,12H2,(H,18,19). The van der Waals surface area contributed by atoms with Gasteiger partial charge in [-0.05, 0) is 17.7 Å². The first-order valence-corrected chi connectivity index (χ1v) is 6.34. The highest BCUT2D eigenvalue weighted by molar-refractivity contribution is 5.85. The van der Waals surface area contributed by atoms with Gasteiger partial charge in [-0.3, -0.25) is 0 Å². The first-order valence-electron chi connectivity index (χ1n) is 6.34. The number of benzene rings is 2. The SMILES string of the molecule is C=C(CC(Oc1ccccc1)c1ccccc1)C(=O)O. The van der Waals surface area contributed by atoms with Crippen LogP contribution in [0.3, 0.4) is 0 Å². The van der Waals surface area contributed by atoms with Gasteiger partial charge < -0.3 is 9.84 Å². The van der Waals surface area contributed by atoms with Crippen LogP contribution in [0.25, 0.3) is 0 Å². The van der Waals surface area contributed by atoms with Crippen LogP contribution < -0.4 is 4.74 Å². The van der Waals surface area contributed by atoms with Crippen LogP contribution in [0.2, 0.25) is 0 Å². The largest absolute Gasteiger partial charge is 0.485 e. The summed E-state index contributed by atoms with van der Waals surface area (Å²) < 4.78 is 5.90. The maximum absolute atomic E-state index is 11.0. The first kappa shape index (κ1) is 13.9. The van der Waals surface area contributed by atoms with E-state index in [-0.39, 0.29) is 18.1 Å². The van der Waals surface area contributed by atoms with Crippen molar-refractivity contribution in [2.24, 2.45) is 0 Å². The van der Waals surface area contributed by atoms with Crippen LogP contribution in [-0.2, 0) is 4.79 Å². The van der Waals surface area contributed by atoms with E-state index in [0.29, 0.717) is 5.75 Å². The van der Waals surface area contributed by atoms with E-state index in [1.165, 1.54) is 0 Å². The number of rotatable bonds is 6. The van der Waals surface area contributed by atoms with Gasteiger partial charge in [0.05, 0.1) is 0 Å². The van der Waals surface area contributed by atoms with Crippen LogP contribution in [0.1, 0.15) is 18.1 Å². The van der Waals surface area contributed by atoms with Gasteiger partial charge in [0.2, 0.25) is 0 Å². The Kier molecular flexibility index (Phi) is 4.56. The van der Waals surface area contributed by atoms with E-state index in [9.17, 15) is 4.79 Å². The summed E-state index contributed by atoms with van der Waals surface area (Å²) in [7, 11) is 0. The van der Waals surface area contributed by atoms with E-state index < -0.39 is 5.97 Å². The van der Waals surface area contributed by atoms with Gasteiger partial charge in [-0.1, -0.05) is 55.1 Å². The number of aliphatic carboxylic acids is 1. The predicted octanol–water partition coefficient (Wildman–Crippen LogP) is 3.84. The Labute approximate surface area is 118 Å². The van der Waals surface area contributed by atoms with Crippen LogP contribution in [-0.4, -0.2) is 11.1 Å². The lowest BCUT2D eigenvalue weighted by molar-refractivity contribution is -0.133. The molecule has 2 aromatic rings. The molecule has 102 valence electrons. The molecule has 0 radical (unpaired) electrons. The smallest absolute Gasteiger partial charge is 0.331 e. The molecule has 20 heavy (non-hydrogen) atoms. The molecule has 0 spiro atoms. The highest BCUT2D eigenvalue weighted by Gasteiger charge is 2.17. The molecule has 0 bridgehead atoms. The Morgan fingerprint density at radius 2 is 1.60 bits per heavy atom. The van der Waals surface area contributed by atoms with Crippen LogP contribution in [0.4, 0.5) is 0 Å². The minimum atomic E-state index is -0.998. The molecule has 3 nitrogen and oxygen atoms in total. The van der Waals surface area contributed by atoms with E-state index in [0.717, 1.165) is 5.56 Å². The zero-order valence-corrected chi connectivity index (χ0v) is 11.0. The average molecular weight is 268 g/mol. The third-order valence-electron chi connectivity index (χ3n) is 2.93. The van der Waals surface area contributed by atoms with Gasteiger partial charge in [0.1, 0.15) is 11.9 Å². The summed E-state index contributed by atoms with van der Waals surface area (Å²) in [5.74, 6) is -0.290. The molecule has 0 saturated carbocycles. The second kappa shape index (κ2) is 6.57. The molecular weight excluding hydrogens is 252 g/mol. The number of para-hydroxylation sites is 1. The Balaban J connectivity index is 2.20. The summed E-state index contributed by atoms with van der Waals surface area (Å²) in [5.41, 5.74) is 1.06. The van der Waals surface area contributed by atoms with Crippen LogP contribution in [0, 0.1) is 0 Å². The van der Waals surface area contributed by atoms with Gasteiger partial charge >= 0.3 is 5.97 Å². The molecule has 0 aliphatic rings. The molecule has 1 atom stereocenters. The van der Waals surface area contributed by atoms with Crippen molar-refractivity contribution in [2.75, 3.05) is 0 Å². The molecule has 2 aromatic carbocycles. The zero-order valence-electron chi connectivity index (χ0n) is 11.0. The summed E-state index contributed by atoms with van der Waals surface area (Å²) >= 11 is 0. The lowest BCUT2D eigenvalue weighted by Crippen LogP contribution is -2.12. The molecule has 0 heterocycles. The fraction of sp³-hybridized carbons (Fsp3) is 0.118. The average Bonchev–Trinajstić information content (AvgIpc) is 2.48. The molecule has 0 aliphatic heterocycles. The summed E-state index contributed by atoms with van der Waals surface area (Å²) in [6.45, 7) is 3.58. The number of carboxylic acids is 1. The minimum absolute atomic E-state index is 0.134. The number of carbonyl (C=O) groups is 1. The van der Waals surface area contributed by atoms with Gasteiger partial charge in [0.25, 0.3) is 0 Å². The van der Waals surface area contributed by atoms with Crippen molar-refractivity contribution in [1.29, 1.82) is 0 Å². The minimum Gasteiger partial charge on any atom is -0.485 e. The van der Waals surface area contributed by atoms with Gasteiger partial charge in [-0.15, -0.1) is 0 Å². The summed E-state index contributed by atoms with van der Waals surface area (Å²) in [4.78, 5) is 11.0. The zero-order chi connectivity index (χ0) is 14.4. The van der Waals surface area contributed by atoms with Gasteiger partial charge in [0, 0.05) is 12.0 Å². The number of hydrogen-bond acceptors (Lipinski definition) is 2. The van der Waals surface area contributed by atoms with Gasteiger partial charge in [-0.25, -0.2) is 4.79 Å². The molecule has 0 saturated heterocycles. The Hall–Kier alpha value is -2.55. The van der Waals surface area contributed by atoms with Gasteiger partial charge in [-0.2, -0.15) is 0 Å². The lowest BCUT2D eigenvalue weighted by Gasteiger charge is -2.19. The highest BCUT2D eigenvalue weighted by Crippen LogP contribution is 2.27. The molecule has 0 aliphatic carbocycles. The lowest BCUT2D eigenvalue weighted by atomic mass is 10.0. The van der Waals surface area contributed by atoms with E-state index >= 15 is 0 Å². The Bertz CT molecular complexity index is 576. The van der Waals surface area contributed by atoms with Crippen molar-refractivity contribution in [3.8, 4) is 5.75 Å². The topological polar surface area (TPSA) is 46.5 Å². The highest BCUT2D eigenvalue weighted by atomic mass is 16.5. The summed E-state index contributed by atoms with van der Waals surface area (Å²) in [6.07, 6.45) is -0.115. The number of carboxylic acid groups (broad SMARTS) is 1. The second-order valence-corrected chi connectivity index (χ2v) is 4.44. The van der Waals surface area contributed by atoms with E-state index in [2.05, 4.69) is 6.58 Å². The van der Waals surface area contributed by atoms with Crippen LogP contribution >= 0.6 is 0 Å². The molecule has 0 aromatic heterocycles. The van der Waals surface area contributed by atoms with E-state index in [1.54, 1.807) is 0 Å². The Morgan fingerprint density at radius 3 is 2.15 bits per heavy atom. The summed E-state index contributed by atoms with van der Waals surface area (Å²) in [6, 6.07) is 18.9. The normalized spacial score (nSPS) is 11.6. The molecule has 0 fully saturated rings. The maximum atomic E-state index is 11.0. The number of hydrogen-bond donors (Lipinski definition) is 1. The molecule has 3 heteroatoms. The third kappa shape index (κ3) is 3.72. The van der Waals surface area contributed by atoms with E-state index in [4.69, 9.17) is 9.84 Å². The molecule has 1 N–H and O–H groups in total. The Morgan fingerprint density at radius 1 is 1.05 bits per heavy atom. The molecular formula is C17H16O3. The van der Waals surface area contributed by atoms with Gasteiger partial charge in [0.15, 0.2) is 0 Å². The maximum Gasteiger partial charge on any atom is 0.331 e. The fourth-order valence-electron chi connectivity index (χ4n) is 1.87. The first-order chi connectivity index (χ1) is 9.66. The third-order valence-corrected chi connectivity index (χ3v) is 2.93. The van der Waals surface area contributed by atoms with Crippen molar-refractivity contribution < 1.29 is 14.6 Å².